The molecule has 0 spiro atoms. The van der Waals surface area contributed by atoms with Crippen LogP contribution in [0.25, 0.3) is 0 Å². The molecule has 0 aromatic heterocycles. The van der Waals surface area contributed by atoms with Crippen LogP contribution in [-0.4, -0.2) is 23.0 Å². The van der Waals surface area contributed by atoms with E-state index in [0.717, 1.165) is 6.26 Å². The van der Waals surface area contributed by atoms with Gasteiger partial charge in [-0.15, -0.1) is 0 Å². The Balaban J connectivity index is 2.95. The van der Waals surface area contributed by atoms with Gasteiger partial charge in [0.2, 0.25) is 0 Å². The molecule has 84 valence electrons. The third-order valence-electron chi connectivity index (χ3n) is 1.87. The highest BCUT2D eigenvalue weighted by Gasteiger charge is 2.26. The van der Waals surface area contributed by atoms with Gasteiger partial charge in [-0.1, -0.05) is 46.3 Å². The monoisotopic (exact) mass is 360 g/mol. The fourth-order valence-electron chi connectivity index (χ4n) is 1.05. The van der Waals surface area contributed by atoms with Crippen LogP contribution < -0.4 is 0 Å². The van der Waals surface area contributed by atoms with Crippen LogP contribution >= 0.6 is 34.2 Å². The molecule has 0 aliphatic carbocycles. The fourth-order valence-corrected chi connectivity index (χ4v) is 2.21. The van der Waals surface area contributed by atoms with Crippen LogP contribution in [0.15, 0.2) is 24.3 Å². The molecule has 1 rings (SSSR count). The van der Waals surface area contributed by atoms with Crippen LogP contribution in [-0.2, 0) is 9.84 Å². The molecule has 3 nitrogen and oxygen atoms in total. The van der Waals surface area contributed by atoms with Gasteiger partial charge < -0.3 is 5.11 Å². The van der Waals surface area contributed by atoms with E-state index in [1.54, 1.807) is 46.9 Å². The van der Waals surface area contributed by atoms with Crippen molar-refractivity contribution in [2.45, 2.75) is 9.36 Å². The highest BCUT2D eigenvalue weighted by atomic mass is 127. The molecule has 0 saturated heterocycles. The van der Waals surface area contributed by atoms with Crippen molar-refractivity contribution in [3.8, 4) is 0 Å². The van der Waals surface area contributed by atoms with Crippen LogP contribution in [0.4, 0.5) is 0 Å². The van der Waals surface area contributed by atoms with E-state index < -0.39 is 19.2 Å². The Morgan fingerprint density at radius 3 is 2.20 bits per heavy atom. The molecular weight excluding hydrogens is 351 g/mol. The molecule has 1 aromatic rings. The summed E-state index contributed by atoms with van der Waals surface area (Å²) in [6.45, 7) is 0. The summed E-state index contributed by atoms with van der Waals surface area (Å²) in [6.07, 6.45) is 0.0707. The average molecular weight is 361 g/mol. The lowest BCUT2D eigenvalue weighted by molar-refractivity contribution is 0.197. The predicted molar refractivity (Wildman–Crippen MR) is 69.1 cm³/mol. The average Bonchev–Trinajstić information content (AvgIpc) is 2.15. The Labute approximate surface area is 108 Å². The summed E-state index contributed by atoms with van der Waals surface area (Å²) >= 11 is 7.40. The van der Waals surface area contributed by atoms with E-state index in [2.05, 4.69) is 0 Å². The molecule has 6 heteroatoms. The summed E-state index contributed by atoms with van der Waals surface area (Å²) in [5.74, 6) is 0. The van der Waals surface area contributed by atoms with Crippen molar-refractivity contribution in [3.05, 3.63) is 34.9 Å². The Bertz CT molecular complexity index is 429. The zero-order chi connectivity index (χ0) is 11.6. The molecule has 0 heterocycles. The SMILES string of the molecule is CS(=O)(=O)C(I)C(O)c1ccc(Cl)cc1. The minimum atomic E-state index is -3.26. The molecule has 1 aromatic carbocycles. The number of hydrogen-bond acceptors (Lipinski definition) is 3. The Kier molecular flexibility index (Phi) is 4.39. The van der Waals surface area contributed by atoms with Crippen molar-refractivity contribution in [2.24, 2.45) is 0 Å². The first-order chi connectivity index (χ1) is 6.82. The summed E-state index contributed by atoms with van der Waals surface area (Å²) < 4.78 is 21.6. The second kappa shape index (κ2) is 4.99. The zero-order valence-electron chi connectivity index (χ0n) is 7.89. The van der Waals surface area contributed by atoms with Crippen LogP contribution in [0.2, 0.25) is 5.02 Å². The molecule has 2 atom stereocenters. The molecule has 0 fully saturated rings. The van der Waals surface area contributed by atoms with Crippen molar-refractivity contribution >= 4 is 44.0 Å². The second-order valence-electron chi connectivity index (χ2n) is 3.18. The number of hydrogen-bond donors (Lipinski definition) is 1. The van der Waals surface area contributed by atoms with Gasteiger partial charge in [0.25, 0.3) is 0 Å². The zero-order valence-corrected chi connectivity index (χ0v) is 11.6. The molecule has 0 aliphatic heterocycles. The topological polar surface area (TPSA) is 54.4 Å². The third kappa shape index (κ3) is 3.58. The molecule has 0 aliphatic rings. The van der Waals surface area contributed by atoms with Gasteiger partial charge in [-0.05, 0) is 17.7 Å². The maximum Gasteiger partial charge on any atom is 0.162 e. The van der Waals surface area contributed by atoms with Gasteiger partial charge in [0.15, 0.2) is 9.84 Å². The van der Waals surface area contributed by atoms with E-state index in [1.807, 2.05) is 0 Å². The van der Waals surface area contributed by atoms with Gasteiger partial charge in [-0.25, -0.2) is 8.42 Å². The van der Waals surface area contributed by atoms with Crippen molar-refractivity contribution in [3.63, 3.8) is 0 Å². The smallest absolute Gasteiger partial charge is 0.162 e. The first-order valence-corrected chi connectivity index (χ1v) is 7.66. The number of sulfone groups is 1. The molecule has 2 unspecified atom stereocenters. The van der Waals surface area contributed by atoms with E-state index >= 15 is 0 Å². The fraction of sp³-hybridized carbons (Fsp3) is 0.333. The normalized spacial score (nSPS) is 16.0. The van der Waals surface area contributed by atoms with E-state index in [-0.39, 0.29) is 0 Å². The minimum absolute atomic E-state index is 0.546. The van der Waals surface area contributed by atoms with Gasteiger partial charge in [0, 0.05) is 11.3 Å². The standard InChI is InChI=1S/C9H10ClIO3S/c1-15(13,14)9(11)8(12)6-2-4-7(10)5-3-6/h2-5,8-9,12H,1H3. The summed E-state index contributed by atoms with van der Waals surface area (Å²) in [5.41, 5.74) is 0.546. The van der Waals surface area contributed by atoms with E-state index in [9.17, 15) is 13.5 Å². The highest BCUT2D eigenvalue weighted by Crippen LogP contribution is 2.27. The minimum Gasteiger partial charge on any atom is -0.386 e. The van der Waals surface area contributed by atoms with Crippen LogP contribution in [0, 0.1) is 0 Å². The predicted octanol–water partition coefficient (Wildman–Crippen LogP) is 2.18. The largest absolute Gasteiger partial charge is 0.386 e. The maximum atomic E-state index is 11.2. The lowest BCUT2D eigenvalue weighted by atomic mass is 10.1. The van der Waals surface area contributed by atoms with Gasteiger partial charge in [0.1, 0.15) is 9.36 Å². The summed E-state index contributed by atoms with van der Waals surface area (Å²) in [5, 5.41) is 10.3. The van der Waals surface area contributed by atoms with Crippen LogP contribution in [0.3, 0.4) is 0 Å². The Morgan fingerprint density at radius 2 is 1.80 bits per heavy atom. The summed E-state index contributed by atoms with van der Waals surface area (Å²) in [6, 6.07) is 6.46. The summed E-state index contributed by atoms with van der Waals surface area (Å²) in [7, 11) is -3.26. The van der Waals surface area contributed by atoms with Gasteiger partial charge >= 0.3 is 0 Å². The second-order valence-corrected chi connectivity index (χ2v) is 7.97. The van der Waals surface area contributed by atoms with Crippen molar-refractivity contribution in [1.82, 2.24) is 0 Å². The molecule has 15 heavy (non-hydrogen) atoms. The first-order valence-electron chi connectivity index (χ1n) is 4.09. The number of aliphatic hydroxyl groups excluding tert-OH is 1. The number of rotatable bonds is 3. The number of halogens is 2. The Hall–Kier alpha value is 0.150. The Morgan fingerprint density at radius 1 is 1.33 bits per heavy atom. The number of alkyl halides is 1. The third-order valence-corrected chi connectivity index (χ3v) is 6.65. The van der Waals surface area contributed by atoms with Gasteiger partial charge in [0.05, 0.1) is 0 Å². The van der Waals surface area contributed by atoms with Crippen molar-refractivity contribution in [1.29, 1.82) is 0 Å². The molecule has 0 saturated carbocycles. The quantitative estimate of drug-likeness (QED) is 0.664. The van der Waals surface area contributed by atoms with Gasteiger partial charge in [-0.3, -0.25) is 0 Å². The molecule has 0 amide bonds. The van der Waals surface area contributed by atoms with E-state index in [1.165, 1.54) is 0 Å². The number of aliphatic hydroxyl groups is 1. The molecule has 0 radical (unpaired) electrons. The van der Waals surface area contributed by atoms with Crippen molar-refractivity contribution < 1.29 is 13.5 Å². The lowest BCUT2D eigenvalue weighted by Gasteiger charge is -2.15. The van der Waals surface area contributed by atoms with Crippen molar-refractivity contribution in [2.75, 3.05) is 6.26 Å². The van der Waals surface area contributed by atoms with E-state index in [4.69, 9.17) is 11.6 Å². The molecular formula is C9H10ClIO3S. The molecule has 1 N–H and O–H groups in total. The van der Waals surface area contributed by atoms with Crippen LogP contribution in [0.5, 0.6) is 0 Å². The highest BCUT2D eigenvalue weighted by molar-refractivity contribution is 14.1. The summed E-state index contributed by atoms with van der Waals surface area (Å²) in [4.78, 5) is 0. The molecule has 0 bridgehead atoms. The maximum absolute atomic E-state index is 11.2. The lowest BCUT2D eigenvalue weighted by Crippen LogP contribution is -2.21. The van der Waals surface area contributed by atoms with Gasteiger partial charge in [-0.2, -0.15) is 0 Å². The first kappa shape index (κ1) is 13.2. The van der Waals surface area contributed by atoms with Crippen LogP contribution in [0.1, 0.15) is 11.7 Å². The van der Waals surface area contributed by atoms with E-state index in [0.29, 0.717) is 10.6 Å². The number of benzene rings is 1.